The van der Waals surface area contributed by atoms with Crippen molar-refractivity contribution in [1.82, 2.24) is 0 Å². The number of hydrogen-bond acceptors (Lipinski definition) is 2. The first-order valence-corrected chi connectivity index (χ1v) is 6.63. The van der Waals surface area contributed by atoms with Crippen LogP contribution in [0.4, 0.5) is 0 Å². The van der Waals surface area contributed by atoms with Gasteiger partial charge in [-0.25, -0.2) is 0 Å². The lowest BCUT2D eigenvalue weighted by molar-refractivity contribution is 0.473. The van der Waals surface area contributed by atoms with Gasteiger partial charge < -0.3 is 10.2 Å². The molecule has 0 saturated heterocycles. The molecule has 0 aliphatic heterocycles. The molecule has 0 aromatic heterocycles. The van der Waals surface area contributed by atoms with Crippen LogP contribution in [0.3, 0.4) is 0 Å². The summed E-state index contributed by atoms with van der Waals surface area (Å²) in [6.45, 7) is 0. The van der Waals surface area contributed by atoms with Gasteiger partial charge in [0.2, 0.25) is 0 Å². The Kier molecular flexibility index (Phi) is 4.72. The number of phenols is 2. The molecule has 0 aliphatic carbocycles. The standard InChI is InChI=1S/C16H12Cl2O2/c17-13-5-7-15(19)11(9-13)3-1-2-4-12-10-14(18)6-8-16(12)20/h1-10,19-20H. The molecule has 20 heavy (non-hydrogen) atoms. The normalized spacial score (nSPS) is 11.5. The molecule has 0 saturated carbocycles. The largest absolute Gasteiger partial charge is 0.507 e. The van der Waals surface area contributed by atoms with Crippen LogP contribution in [-0.2, 0) is 0 Å². The zero-order chi connectivity index (χ0) is 14.5. The molecule has 4 heteroatoms. The molecule has 0 atom stereocenters. The van der Waals surface area contributed by atoms with E-state index in [-0.39, 0.29) is 11.5 Å². The fraction of sp³-hybridized carbons (Fsp3) is 0. The van der Waals surface area contributed by atoms with Crippen molar-refractivity contribution < 1.29 is 10.2 Å². The summed E-state index contributed by atoms with van der Waals surface area (Å²) >= 11 is 11.7. The Labute approximate surface area is 127 Å². The maximum absolute atomic E-state index is 9.64. The van der Waals surface area contributed by atoms with Crippen molar-refractivity contribution >= 4 is 35.4 Å². The minimum Gasteiger partial charge on any atom is -0.507 e. The van der Waals surface area contributed by atoms with Gasteiger partial charge in [-0.05, 0) is 36.4 Å². The average Bonchev–Trinajstić information content (AvgIpc) is 2.42. The molecule has 2 nitrogen and oxygen atoms in total. The van der Waals surface area contributed by atoms with Crippen LogP contribution >= 0.6 is 23.2 Å². The van der Waals surface area contributed by atoms with Gasteiger partial charge in [-0.1, -0.05) is 47.5 Å². The Morgan fingerprint density at radius 2 is 1.10 bits per heavy atom. The van der Waals surface area contributed by atoms with Crippen molar-refractivity contribution in [3.05, 3.63) is 69.7 Å². The van der Waals surface area contributed by atoms with Crippen molar-refractivity contribution in [2.45, 2.75) is 0 Å². The summed E-state index contributed by atoms with van der Waals surface area (Å²) in [7, 11) is 0. The second-order valence-electron chi connectivity index (χ2n) is 4.12. The van der Waals surface area contributed by atoms with Crippen LogP contribution in [0.2, 0.25) is 10.0 Å². The summed E-state index contributed by atoms with van der Waals surface area (Å²) in [5.74, 6) is 0.314. The lowest BCUT2D eigenvalue weighted by atomic mass is 10.1. The molecule has 2 rings (SSSR count). The maximum atomic E-state index is 9.64. The molecule has 0 spiro atoms. The van der Waals surface area contributed by atoms with E-state index in [1.807, 2.05) is 0 Å². The molecule has 0 radical (unpaired) electrons. The number of halogens is 2. The third-order valence-corrected chi connectivity index (χ3v) is 3.11. The number of hydrogen-bond donors (Lipinski definition) is 2. The Bertz CT molecular complexity index is 617. The summed E-state index contributed by atoms with van der Waals surface area (Å²) in [5.41, 5.74) is 1.25. The zero-order valence-corrected chi connectivity index (χ0v) is 11.9. The minimum absolute atomic E-state index is 0.157. The lowest BCUT2D eigenvalue weighted by Gasteiger charge is -1.99. The number of allylic oxidation sites excluding steroid dienone is 2. The number of rotatable bonds is 3. The summed E-state index contributed by atoms with van der Waals surface area (Å²) < 4.78 is 0. The summed E-state index contributed by atoms with van der Waals surface area (Å²) in [6.07, 6.45) is 6.93. The molecule has 0 heterocycles. The first kappa shape index (κ1) is 14.5. The first-order valence-electron chi connectivity index (χ1n) is 5.88. The van der Waals surface area contributed by atoms with E-state index in [0.29, 0.717) is 21.2 Å². The fourth-order valence-electron chi connectivity index (χ4n) is 1.64. The van der Waals surface area contributed by atoms with Gasteiger partial charge in [0.05, 0.1) is 0 Å². The van der Waals surface area contributed by atoms with Gasteiger partial charge >= 0.3 is 0 Å². The fourth-order valence-corrected chi connectivity index (χ4v) is 2.00. The smallest absolute Gasteiger partial charge is 0.122 e. The molecule has 0 fully saturated rings. The van der Waals surface area contributed by atoms with E-state index in [1.54, 1.807) is 48.6 Å². The van der Waals surface area contributed by atoms with E-state index in [0.717, 1.165) is 0 Å². The van der Waals surface area contributed by atoms with E-state index >= 15 is 0 Å². The highest BCUT2D eigenvalue weighted by molar-refractivity contribution is 6.31. The molecule has 2 aromatic rings. The summed E-state index contributed by atoms with van der Waals surface area (Å²) in [4.78, 5) is 0. The van der Waals surface area contributed by atoms with Crippen molar-refractivity contribution in [1.29, 1.82) is 0 Å². The van der Waals surface area contributed by atoms with Crippen molar-refractivity contribution in [3.63, 3.8) is 0 Å². The molecule has 0 bridgehead atoms. The Balaban J connectivity index is 2.15. The van der Waals surface area contributed by atoms with Gasteiger partial charge in [-0.2, -0.15) is 0 Å². The van der Waals surface area contributed by atoms with Gasteiger partial charge in [0.1, 0.15) is 11.5 Å². The van der Waals surface area contributed by atoms with Crippen molar-refractivity contribution in [3.8, 4) is 11.5 Å². The Morgan fingerprint density at radius 1 is 0.700 bits per heavy atom. The number of aromatic hydroxyl groups is 2. The van der Waals surface area contributed by atoms with Gasteiger partial charge in [-0.15, -0.1) is 0 Å². The van der Waals surface area contributed by atoms with Gasteiger partial charge in [0.15, 0.2) is 0 Å². The van der Waals surface area contributed by atoms with Gasteiger partial charge in [0, 0.05) is 21.2 Å². The third kappa shape index (κ3) is 3.80. The van der Waals surface area contributed by atoms with E-state index in [4.69, 9.17) is 23.2 Å². The van der Waals surface area contributed by atoms with Crippen LogP contribution in [-0.4, -0.2) is 10.2 Å². The average molecular weight is 307 g/mol. The highest BCUT2D eigenvalue weighted by Crippen LogP contribution is 2.24. The zero-order valence-electron chi connectivity index (χ0n) is 10.4. The quantitative estimate of drug-likeness (QED) is 0.772. The van der Waals surface area contributed by atoms with Crippen LogP contribution < -0.4 is 0 Å². The summed E-state index contributed by atoms with van der Waals surface area (Å²) in [5, 5.41) is 20.4. The predicted molar refractivity (Wildman–Crippen MR) is 84.3 cm³/mol. The Morgan fingerprint density at radius 3 is 1.50 bits per heavy atom. The first-order chi connectivity index (χ1) is 9.56. The minimum atomic E-state index is 0.157. The second kappa shape index (κ2) is 6.51. The maximum Gasteiger partial charge on any atom is 0.122 e. The summed E-state index contributed by atoms with van der Waals surface area (Å²) in [6, 6.07) is 9.64. The van der Waals surface area contributed by atoms with Crippen LogP contribution in [0.25, 0.3) is 12.2 Å². The number of phenolic OH excluding ortho intramolecular Hbond substituents is 2. The van der Waals surface area contributed by atoms with E-state index in [2.05, 4.69) is 0 Å². The molecular formula is C16H12Cl2O2. The van der Waals surface area contributed by atoms with E-state index < -0.39 is 0 Å². The van der Waals surface area contributed by atoms with Crippen LogP contribution in [0.1, 0.15) is 11.1 Å². The molecule has 102 valence electrons. The third-order valence-electron chi connectivity index (χ3n) is 2.64. The predicted octanol–water partition coefficient (Wildman–Crippen LogP) is 5.13. The molecule has 2 N–H and O–H groups in total. The molecule has 2 aromatic carbocycles. The van der Waals surface area contributed by atoms with Crippen LogP contribution in [0.5, 0.6) is 11.5 Å². The molecule has 0 amide bonds. The van der Waals surface area contributed by atoms with Crippen molar-refractivity contribution in [2.24, 2.45) is 0 Å². The van der Waals surface area contributed by atoms with Gasteiger partial charge in [-0.3, -0.25) is 0 Å². The van der Waals surface area contributed by atoms with Crippen molar-refractivity contribution in [2.75, 3.05) is 0 Å². The number of benzene rings is 2. The molecular weight excluding hydrogens is 295 g/mol. The highest BCUT2D eigenvalue weighted by Gasteiger charge is 1.98. The van der Waals surface area contributed by atoms with E-state index in [1.165, 1.54) is 12.1 Å². The molecule has 0 unspecified atom stereocenters. The van der Waals surface area contributed by atoms with Gasteiger partial charge in [0.25, 0.3) is 0 Å². The topological polar surface area (TPSA) is 40.5 Å². The molecule has 0 aliphatic rings. The van der Waals surface area contributed by atoms with Crippen LogP contribution in [0.15, 0.2) is 48.6 Å². The van der Waals surface area contributed by atoms with Crippen LogP contribution in [0, 0.1) is 0 Å². The lowest BCUT2D eigenvalue weighted by Crippen LogP contribution is -1.75. The highest BCUT2D eigenvalue weighted by atomic mass is 35.5. The van der Waals surface area contributed by atoms with E-state index in [9.17, 15) is 10.2 Å². The Hall–Kier alpha value is -1.90. The second-order valence-corrected chi connectivity index (χ2v) is 5.00. The SMILES string of the molecule is Oc1ccc(Cl)cc1C=CC=Cc1cc(Cl)ccc1O. The monoisotopic (exact) mass is 306 g/mol.